The van der Waals surface area contributed by atoms with E-state index >= 15 is 0 Å². The van der Waals surface area contributed by atoms with Crippen LogP contribution in [0.15, 0.2) is 28.0 Å². The molecular weight excluding hydrogens is 296 g/mol. The van der Waals surface area contributed by atoms with Gasteiger partial charge in [0.05, 0.1) is 0 Å². The van der Waals surface area contributed by atoms with Gasteiger partial charge in [-0.25, -0.2) is 14.8 Å². The summed E-state index contributed by atoms with van der Waals surface area (Å²) >= 11 is 0. The summed E-state index contributed by atoms with van der Waals surface area (Å²) in [6, 6.07) is 3.71. The van der Waals surface area contributed by atoms with Gasteiger partial charge >= 0.3 is 5.69 Å². The first-order valence-corrected chi connectivity index (χ1v) is 7.63. The Morgan fingerprint density at radius 1 is 1.22 bits per heavy atom. The molecule has 3 heterocycles. The fourth-order valence-corrected chi connectivity index (χ4v) is 2.72. The van der Waals surface area contributed by atoms with Crippen molar-refractivity contribution in [3.05, 3.63) is 45.0 Å². The number of hydrogen-bond donors (Lipinski definition) is 2. The minimum atomic E-state index is -0.385. The Labute approximate surface area is 133 Å². The Morgan fingerprint density at radius 3 is 2.61 bits per heavy atom. The van der Waals surface area contributed by atoms with E-state index in [1.807, 2.05) is 17.9 Å². The van der Waals surface area contributed by atoms with Gasteiger partial charge in [-0.2, -0.15) is 0 Å². The lowest BCUT2D eigenvalue weighted by Gasteiger charge is -2.33. The molecule has 0 aliphatic carbocycles. The number of aromatic nitrogens is 4. The molecule has 0 saturated carbocycles. The van der Waals surface area contributed by atoms with Crippen molar-refractivity contribution in [2.24, 2.45) is 7.05 Å². The molecule has 2 aromatic heterocycles. The average molecular weight is 316 g/mol. The molecule has 8 heteroatoms. The molecule has 1 aliphatic heterocycles. The van der Waals surface area contributed by atoms with Crippen molar-refractivity contribution in [3.63, 3.8) is 0 Å². The summed E-state index contributed by atoms with van der Waals surface area (Å²) in [5.41, 5.74) is 0.252. The molecular formula is C15H20N6O2. The number of anilines is 2. The van der Waals surface area contributed by atoms with Crippen LogP contribution < -0.4 is 21.5 Å². The lowest BCUT2D eigenvalue weighted by molar-refractivity contribution is 0.520. The molecule has 0 aromatic carbocycles. The summed E-state index contributed by atoms with van der Waals surface area (Å²) in [4.78, 5) is 36.5. The maximum absolute atomic E-state index is 11.7. The maximum Gasteiger partial charge on any atom is 0.329 e. The van der Waals surface area contributed by atoms with Gasteiger partial charge in [0, 0.05) is 44.0 Å². The van der Waals surface area contributed by atoms with Gasteiger partial charge in [0.25, 0.3) is 5.56 Å². The summed E-state index contributed by atoms with van der Waals surface area (Å²) in [7, 11) is 1.46. The number of aromatic amines is 1. The first-order chi connectivity index (χ1) is 11.0. The summed E-state index contributed by atoms with van der Waals surface area (Å²) in [6.45, 7) is 3.47. The SMILES string of the molecule is Cc1cc(NC2CCN(c3cc(=O)n(C)c(=O)[nH]3)CC2)ncn1. The molecule has 1 saturated heterocycles. The van der Waals surface area contributed by atoms with Crippen LogP contribution in [0, 0.1) is 6.92 Å². The Morgan fingerprint density at radius 2 is 1.96 bits per heavy atom. The third kappa shape index (κ3) is 3.41. The Kier molecular flexibility index (Phi) is 4.14. The van der Waals surface area contributed by atoms with Crippen LogP contribution in [0.2, 0.25) is 0 Å². The van der Waals surface area contributed by atoms with Crippen molar-refractivity contribution in [1.29, 1.82) is 0 Å². The molecule has 0 amide bonds. The highest BCUT2D eigenvalue weighted by Crippen LogP contribution is 2.18. The summed E-state index contributed by atoms with van der Waals surface area (Å²) in [5, 5.41) is 3.41. The zero-order valence-corrected chi connectivity index (χ0v) is 13.2. The maximum atomic E-state index is 11.7. The van der Waals surface area contributed by atoms with Crippen molar-refractivity contribution >= 4 is 11.6 Å². The highest BCUT2D eigenvalue weighted by atomic mass is 16.2. The molecule has 1 aliphatic rings. The van der Waals surface area contributed by atoms with Gasteiger partial charge in [0.2, 0.25) is 0 Å². The predicted molar refractivity (Wildman–Crippen MR) is 87.9 cm³/mol. The monoisotopic (exact) mass is 316 g/mol. The van der Waals surface area contributed by atoms with Gasteiger partial charge in [-0.3, -0.25) is 14.3 Å². The molecule has 0 atom stereocenters. The van der Waals surface area contributed by atoms with E-state index in [1.165, 1.54) is 13.1 Å². The first kappa shape index (κ1) is 15.3. The first-order valence-electron chi connectivity index (χ1n) is 7.63. The lowest BCUT2D eigenvalue weighted by atomic mass is 10.1. The molecule has 0 spiro atoms. The molecule has 2 aromatic rings. The van der Waals surface area contributed by atoms with Crippen LogP contribution in [0.25, 0.3) is 0 Å². The third-order valence-corrected chi connectivity index (χ3v) is 4.12. The van der Waals surface area contributed by atoms with Crippen molar-refractivity contribution < 1.29 is 0 Å². The van der Waals surface area contributed by atoms with Crippen molar-refractivity contribution in [2.45, 2.75) is 25.8 Å². The number of nitrogens with zero attached hydrogens (tertiary/aromatic N) is 4. The van der Waals surface area contributed by atoms with Crippen LogP contribution >= 0.6 is 0 Å². The average Bonchev–Trinajstić information content (AvgIpc) is 2.53. The second-order valence-electron chi connectivity index (χ2n) is 5.81. The molecule has 8 nitrogen and oxygen atoms in total. The van der Waals surface area contributed by atoms with Crippen molar-refractivity contribution in [1.82, 2.24) is 19.5 Å². The number of piperidine rings is 1. The molecule has 23 heavy (non-hydrogen) atoms. The van der Waals surface area contributed by atoms with Crippen LogP contribution in [0.1, 0.15) is 18.5 Å². The smallest absolute Gasteiger partial charge is 0.329 e. The van der Waals surface area contributed by atoms with E-state index in [0.717, 1.165) is 42.0 Å². The number of hydrogen-bond acceptors (Lipinski definition) is 6. The van der Waals surface area contributed by atoms with Gasteiger partial charge in [0.15, 0.2) is 0 Å². The number of aryl methyl sites for hydroxylation is 1. The topological polar surface area (TPSA) is 95.9 Å². The minimum absolute atomic E-state index is 0.291. The van der Waals surface area contributed by atoms with Crippen molar-refractivity contribution in [2.75, 3.05) is 23.3 Å². The fraction of sp³-hybridized carbons (Fsp3) is 0.467. The van der Waals surface area contributed by atoms with E-state index in [0.29, 0.717) is 11.9 Å². The minimum Gasteiger partial charge on any atom is -0.367 e. The van der Waals surface area contributed by atoms with E-state index in [2.05, 4.69) is 20.3 Å². The Bertz CT molecular complexity index is 773. The standard InChI is InChI=1S/C15H20N6O2/c1-10-7-12(17-9-16-10)18-11-3-5-21(6-4-11)13-8-14(22)20(2)15(23)19-13/h7-9,11H,3-6H2,1-2H3,(H,19,23)(H,16,17,18). The molecule has 0 unspecified atom stereocenters. The fourth-order valence-electron chi connectivity index (χ4n) is 2.72. The lowest BCUT2D eigenvalue weighted by Crippen LogP contribution is -2.42. The van der Waals surface area contributed by atoms with Crippen LogP contribution in [0.4, 0.5) is 11.6 Å². The van der Waals surface area contributed by atoms with Crippen LogP contribution in [-0.2, 0) is 7.05 Å². The van der Waals surface area contributed by atoms with Crippen LogP contribution in [0.5, 0.6) is 0 Å². The molecule has 0 radical (unpaired) electrons. The number of rotatable bonds is 3. The molecule has 122 valence electrons. The normalized spacial score (nSPS) is 15.7. The van der Waals surface area contributed by atoms with Crippen molar-refractivity contribution in [3.8, 4) is 0 Å². The summed E-state index contributed by atoms with van der Waals surface area (Å²) in [5.74, 6) is 1.42. The predicted octanol–water partition coefficient (Wildman–Crippen LogP) is 0.253. The molecule has 1 fully saturated rings. The Balaban J connectivity index is 1.64. The second-order valence-corrected chi connectivity index (χ2v) is 5.81. The number of H-pyrrole nitrogens is 1. The van der Waals surface area contributed by atoms with Gasteiger partial charge in [-0.15, -0.1) is 0 Å². The van der Waals surface area contributed by atoms with Gasteiger partial charge in [-0.05, 0) is 19.8 Å². The molecule has 3 rings (SSSR count). The zero-order chi connectivity index (χ0) is 16.4. The highest BCUT2D eigenvalue weighted by Gasteiger charge is 2.20. The summed E-state index contributed by atoms with van der Waals surface area (Å²) in [6.07, 6.45) is 3.36. The molecule has 2 N–H and O–H groups in total. The third-order valence-electron chi connectivity index (χ3n) is 4.12. The Hall–Kier alpha value is -2.64. The largest absolute Gasteiger partial charge is 0.367 e. The van der Waals surface area contributed by atoms with Gasteiger partial charge in [-0.1, -0.05) is 0 Å². The second kappa shape index (κ2) is 6.23. The highest BCUT2D eigenvalue weighted by molar-refractivity contribution is 5.39. The number of nitrogens with one attached hydrogen (secondary N) is 2. The van der Waals surface area contributed by atoms with E-state index in [-0.39, 0.29) is 11.2 Å². The van der Waals surface area contributed by atoms with Crippen LogP contribution in [0.3, 0.4) is 0 Å². The van der Waals surface area contributed by atoms with E-state index in [9.17, 15) is 9.59 Å². The van der Waals surface area contributed by atoms with Crippen LogP contribution in [-0.4, -0.2) is 38.7 Å². The molecule has 0 bridgehead atoms. The van der Waals surface area contributed by atoms with E-state index in [4.69, 9.17) is 0 Å². The summed E-state index contributed by atoms with van der Waals surface area (Å²) < 4.78 is 1.06. The van der Waals surface area contributed by atoms with Gasteiger partial charge in [0.1, 0.15) is 18.0 Å². The zero-order valence-electron chi connectivity index (χ0n) is 13.2. The quantitative estimate of drug-likeness (QED) is 0.843. The van der Waals surface area contributed by atoms with Gasteiger partial charge < -0.3 is 10.2 Å². The van der Waals surface area contributed by atoms with E-state index in [1.54, 1.807) is 6.33 Å². The van der Waals surface area contributed by atoms with E-state index < -0.39 is 0 Å².